The molecule has 4 aliphatic rings. The van der Waals surface area contributed by atoms with Gasteiger partial charge in [-0.15, -0.1) is 0 Å². The number of rotatable bonds is 7. The van der Waals surface area contributed by atoms with E-state index in [1.54, 1.807) is 24.3 Å². The Kier molecular flexibility index (Phi) is 7.96. The summed E-state index contributed by atoms with van der Waals surface area (Å²) in [7, 11) is -3.52. The van der Waals surface area contributed by atoms with Crippen LogP contribution in [0.3, 0.4) is 0 Å². The predicted molar refractivity (Wildman–Crippen MR) is 153 cm³/mol. The maximum absolute atomic E-state index is 13.8. The molecule has 4 nitrogen and oxygen atoms in total. The Morgan fingerprint density at radius 1 is 1.03 bits per heavy atom. The van der Waals surface area contributed by atoms with Crippen LogP contribution in [0, 0.1) is 40.4 Å². The third kappa shape index (κ3) is 5.29. The fraction of sp³-hybridized carbons (Fsp3) is 0.758. The van der Waals surface area contributed by atoms with Gasteiger partial charge in [0.1, 0.15) is 0 Å². The lowest BCUT2D eigenvalue weighted by molar-refractivity contribution is -0.0202. The largest absolute Gasteiger partial charge is 0.393 e. The average Bonchev–Trinajstić information content (AvgIpc) is 3.22. The summed E-state index contributed by atoms with van der Waals surface area (Å²) in [6, 6.07) is 8.85. The molecule has 9 atom stereocenters. The lowest BCUT2D eigenvalue weighted by Crippen LogP contribution is -2.46. The molecule has 4 aliphatic carbocycles. The summed E-state index contributed by atoms with van der Waals surface area (Å²) in [5.41, 5.74) is 1.47. The van der Waals surface area contributed by atoms with Gasteiger partial charge in [0, 0.05) is 0 Å². The first-order valence-electron chi connectivity index (χ1n) is 15.2. The second-order valence-corrected chi connectivity index (χ2v) is 16.7. The standard InChI is InChI=1S/C33H50O4S/c1-32(2,3)31(35)21-26(38(36,37)25-8-6-5-7-9-25)14-11-23-12-17-30-29-15-10-22-20-24(34)13-16-27(22)28(29)18-19-33(23,30)4/h5-10,23-24,26-31,34-35H,11-21H2,1-4H3/t23-,24?,26?,27?,28?,29?,30?,31?,33?/m0/s1. The van der Waals surface area contributed by atoms with Crippen molar-refractivity contribution in [1.29, 1.82) is 0 Å². The highest BCUT2D eigenvalue weighted by Gasteiger charge is 2.55. The fourth-order valence-corrected chi connectivity index (χ4v) is 10.8. The van der Waals surface area contributed by atoms with Gasteiger partial charge in [0.25, 0.3) is 0 Å². The van der Waals surface area contributed by atoms with E-state index in [0.29, 0.717) is 29.6 Å². The molecule has 0 amide bonds. The first-order chi connectivity index (χ1) is 17.9. The molecule has 0 radical (unpaired) electrons. The molecule has 3 saturated carbocycles. The molecular weight excluding hydrogens is 492 g/mol. The van der Waals surface area contributed by atoms with Crippen LogP contribution in [0.4, 0.5) is 0 Å². The summed E-state index contributed by atoms with van der Waals surface area (Å²) in [5.74, 6) is 3.47. The fourth-order valence-electron chi connectivity index (χ4n) is 9.02. The highest BCUT2D eigenvalue weighted by Crippen LogP contribution is 2.64. The molecule has 0 aliphatic heterocycles. The van der Waals surface area contributed by atoms with E-state index in [2.05, 4.69) is 13.0 Å². The highest BCUT2D eigenvalue weighted by atomic mass is 32.2. The number of aliphatic hydroxyl groups excluding tert-OH is 2. The molecule has 3 fully saturated rings. The maximum atomic E-state index is 13.8. The molecule has 8 unspecified atom stereocenters. The Morgan fingerprint density at radius 2 is 1.76 bits per heavy atom. The third-order valence-electron chi connectivity index (χ3n) is 11.4. The Morgan fingerprint density at radius 3 is 2.47 bits per heavy atom. The number of allylic oxidation sites excluding steroid dienone is 1. The van der Waals surface area contributed by atoms with Crippen molar-refractivity contribution in [1.82, 2.24) is 0 Å². The highest BCUT2D eigenvalue weighted by molar-refractivity contribution is 7.92. The van der Waals surface area contributed by atoms with Crippen LogP contribution < -0.4 is 0 Å². The van der Waals surface area contributed by atoms with Crippen molar-refractivity contribution in [2.45, 2.75) is 121 Å². The first-order valence-corrected chi connectivity index (χ1v) is 16.8. The van der Waals surface area contributed by atoms with Crippen molar-refractivity contribution in [3.63, 3.8) is 0 Å². The van der Waals surface area contributed by atoms with E-state index < -0.39 is 21.2 Å². The Labute approximate surface area is 231 Å². The van der Waals surface area contributed by atoms with E-state index in [4.69, 9.17) is 0 Å². The van der Waals surface area contributed by atoms with Crippen molar-refractivity contribution in [3.8, 4) is 0 Å². The molecule has 5 rings (SSSR count). The number of aliphatic hydroxyl groups is 2. The van der Waals surface area contributed by atoms with Crippen LogP contribution in [-0.2, 0) is 9.84 Å². The van der Waals surface area contributed by atoms with Crippen LogP contribution in [0.2, 0.25) is 0 Å². The zero-order chi connectivity index (χ0) is 27.3. The van der Waals surface area contributed by atoms with Crippen molar-refractivity contribution in [2.75, 3.05) is 0 Å². The van der Waals surface area contributed by atoms with Gasteiger partial charge in [-0.2, -0.15) is 0 Å². The molecule has 0 heterocycles. The molecule has 0 spiro atoms. The molecule has 1 aromatic carbocycles. The minimum absolute atomic E-state index is 0.143. The maximum Gasteiger partial charge on any atom is 0.181 e. The summed E-state index contributed by atoms with van der Waals surface area (Å²) in [4.78, 5) is 0.379. The predicted octanol–water partition coefficient (Wildman–Crippen LogP) is 6.96. The molecule has 1 aromatic rings. The van der Waals surface area contributed by atoms with Gasteiger partial charge in [-0.05, 0) is 123 Å². The molecule has 0 aromatic heterocycles. The van der Waals surface area contributed by atoms with E-state index in [9.17, 15) is 18.6 Å². The van der Waals surface area contributed by atoms with Gasteiger partial charge in [-0.25, -0.2) is 8.42 Å². The zero-order valence-electron chi connectivity index (χ0n) is 24.0. The van der Waals surface area contributed by atoms with Crippen molar-refractivity contribution >= 4 is 9.84 Å². The Bertz CT molecular complexity index is 1100. The van der Waals surface area contributed by atoms with Crippen molar-refractivity contribution in [3.05, 3.63) is 42.0 Å². The van der Waals surface area contributed by atoms with E-state index in [-0.39, 0.29) is 16.9 Å². The van der Waals surface area contributed by atoms with E-state index in [1.165, 1.54) is 37.7 Å². The number of hydrogen-bond donors (Lipinski definition) is 2. The van der Waals surface area contributed by atoms with Crippen molar-refractivity contribution < 1.29 is 18.6 Å². The zero-order valence-corrected chi connectivity index (χ0v) is 24.8. The van der Waals surface area contributed by atoms with Gasteiger partial charge >= 0.3 is 0 Å². The van der Waals surface area contributed by atoms with Gasteiger partial charge < -0.3 is 10.2 Å². The molecular formula is C33H50O4S. The van der Waals surface area contributed by atoms with Crippen LogP contribution in [0.15, 0.2) is 46.9 Å². The van der Waals surface area contributed by atoms with E-state index >= 15 is 0 Å². The Balaban J connectivity index is 1.32. The molecule has 0 bridgehead atoms. The molecule has 5 heteroatoms. The number of benzene rings is 1. The van der Waals surface area contributed by atoms with Crippen LogP contribution in [0.25, 0.3) is 0 Å². The molecule has 38 heavy (non-hydrogen) atoms. The van der Waals surface area contributed by atoms with E-state index in [1.807, 2.05) is 26.8 Å². The van der Waals surface area contributed by atoms with Crippen molar-refractivity contribution in [2.24, 2.45) is 40.4 Å². The summed E-state index contributed by atoms with van der Waals surface area (Å²) < 4.78 is 27.5. The molecule has 2 N–H and O–H groups in total. The minimum Gasteiger partial charge on any atom is -0.393 e. The quantitative estimate of drug-likeness (QED) is 0.365. The third-order valence-corrected chi connectivity index (χ3v) is 13.7. The van der Waals surface area contributed by atoms with Gasteiger partial charge in [0.05, 0.1) is 22.4 Å². The summed E-state index contributed by atoms with van der Waals surface area (Å²) in [6.07, 6.45) is 12.7. The number of fused-ring (bicyclic) bond motifs is 5. The summed E-state index contributed by atoms with van der Waals surface area (Å²) in [6.45, 7) is 8.48. The topological polar surface area (TPSA) is 74.6 Å². The summed E-state index contributed by atoms with van der Waals surface area (Å²) >= 11 is 0. The van der Waals surface area contributed by atoms with Gasteiger partial charge in [-0.1, -0.05) is 57.5 Å². The SMILES string of the molecule is CC(C)(C)C(O)CC(CC[C@H]1CCC2C3CC=C4CC(O)CCC4C3CCC21C)S(=O)(=O)c1ccccc1. The van der Waals surface area contributed by atoms with Crippen LogP contribution in [-0.4, -0.2) is 36.1 Å². The van der Waals surface area contributed by atoms with Crippen LogP contribution >= 0.6 is 0 Å². The molecule has 212 valence electrons. The number of hydrogen-bond acceptors (Lipinski definition) is 4. The van der Waals surface area contributed by atoms with Gasteiger partial charge in [0.2, 0.25) is 0 Å². The monoisotopic (exact) mass is 542 g/mol. The summed E-state index contributed by atoms with van der Waals surface area (Å²) in [5, 5.41) is 20.6. The Hall–Kier alpha value is -1.17. The normalized spacial score (nSPS) is 36.9. The van der Waals surface area contributed by atoms with Gasteiger partial charge in [-0.3, -0.25) is 0 Å². The van der Waals surface area contributed by atoms with Crippen LogP contribution in [0.5, 0.6) is 0 Å². The average molecular weight is 543 g/mol. The number of sulfone groups is 1. The molecule has 0 saturated heterocycles. The lowest BCUT2D eigenvalue weighted by Gasteiger charge is -2.54. The smallest absolute Gasteiger partial charge is 0.181 e. The minimum atomic E-state index is -3.52. The second kappa shape index (κ2) is 10.7. The lowest BCUT2D eigenvalue weighted by atomic mass is 9.51. The second-order valence-electron chi connectivity index (χ2n) is 14.5. The van der Waals surface area contributed by atoms with Crippen LogP contribution in [0.1, 0.15) is 98.3 Å². The van der Waals surface area contributed by atoms with E-state index in [0.717, 1.165) is 43.4 Å². The van der Waals surface area contributed by atoms with Gasteiger partial charge in [0.15, 0.2) is 9.84 Å². The first kappa shape index (κ1) is 28.4.